The third-order valence-corrected chi connectivity index (χ3v) is 5.06. The number of amides is 4. The van der Waals surface area contributed by atoms with Crippen molar-refractivity contribution in [3.63, 3.8) is 0 Å². The first-order chi connectivity index (χ1) is 12.8. The van der Waals surface area contributed by atoms with Gasteiger partial charge in [-0.1, -0.05) is 12.1 Å². The van der Waals surface area contributed by atoms with Gasteiger partial charge in [-0.25, -0.2) is 9.18 Å². The van der Waals surface area contributed by atoms with Gasteiger partial charge in [-0.05, 0) is 38.0 Å². The molecule has 2 aliphatic rings. The molecule has 4 amide bonds. The largest absolute Gasteiger partial charge is 0.375 e. The van der Waals surface area contributed by atoms with Crippen molar-refractivity contribution in [2.75, 3.05) is 20.3 Å². The number of halogens is 1. The Morgan fingerprint density at radius 2 is 2.07 bits per heavy atom. The molecule has 0 aliphatic carbocycles. The van der Waals surface area contributed by atoms with E-state index in [1.54, 1.807) is 30.9 Å². The van der Waals surface area contributed by atoms with Crippen LogP contribution in [0.3, 0.4) is 0 Å². The number of hydrogen-bond donors (Lipinski definition) is 0. The molecule has 2 atom stereocenters. The summed E-state index contributed by atoms with van der Waals surface area (Å²) in [5.74, 6) is -1.02. The third kappa shape index (κ3) is 3.53. The molecule has 0 bridgehead atoms. The van der Waals surface area contributed by atoms with E-state index < -0.39 is 18.1 Å². The van der Waals surface area contributed by atoms with Crippen LogP contribution in [0.25, 0.3) is 0 Å². The SMILES string of the molecule is COCC(=O)N1CC[C@@H]2[C@H]1C(=O)N(C(C)C)C(=O)N2Cc1cccc(F)c1. The zero-order valence-corrected chi connectivity index (χ0v) is 15.7. The highest BCUT2D eigenvalue weighted by Crippen LogP contribution is 2.32. The first-order valence-corrected chi connectivity index (χ1v) is 9.01. The van der Waals surface area contributed by atoms with E-state index in [1.165, 1.54) is 29.0 Å². The highest BCUT2D eigenvalue weighted by Gasteiger charge is 2.53. The second-order valence-corrected chi connectivity index (χ2v) is 7.16. The van der Waals surface area contributed by atoms with Crippen LogP contribution in [0.1, 0.15) is 25.8 Å². The maximum Gasteiger partial charge on any atom is 0.327 e. The van der Waals surface area contributed by atoms with Crippen LogP contribution in [0.5, 0.6) is 0 Å². The van der Waals surface area contributed by atoms with E-state index in [9.17, 15) is 18.8 Å². The maximum absolute atomic E-state index is 13.6. The molecule has 0 unspecified atom stereocenters. The molecular formula is C19H24FN3O4. The lowest BCUT2D eigenvalue weighted by Gasteiger charge is -2.45. The Morgan fingerprint density at radius 1 is 1.33 bits per heavy atom. The van der Waals surface area contributed by atoms with Crippen LogP contribution < -0.4 is 0 Å². The van der Waals surface area contributed by atoms with Gasteiger partial charge in [0.05, 0.1) is 6.04 Å². The highest BCUT2D eigenvalue weighted by atomic mass is 19.1. The quantitative estimate of drug-likeness (QED) is 0.782. The molecule has 0 aromatic heterocycles. The molecule has 7 nitrogen and oxygen atoms in total. The molecule has 3 rings (SSSR count). The average Bonchev–Trinajstić information content (AvgIpc) is 3.04. The Morgan fingerprint density at radius 3 is 2.70 bits per heavy atom. The molecule has 0 spiro atoms. The smallest absolute Gasteiger partial charge is 0.327 e. The third-order valence-electron chi connectivity index (χ3n) is 5.06. The number of urea groups is 1. The van der Waals surface area contributed by atoms with Gasteiger partial charge in [0.15, 0.2) is 0 Å². The summed E-state index contributed by atoms with van der Waals surface area (Å²) in [6.07, 6.45) is 0.499. The summed E-state index contributed by atoms with van der Waals surface area (Å²) in [5, 5.41) is 0. The summed E-state index contributed by atoms with van der Waals surface area (Å²) in [6, 6.07) is 4.14. The van der Waals surface area contributed by atoms with Crippen molar-refractivity contribution in [3.05, 3.63) is 35.6 Å². The molecule has 2 heterocycles. The predicted octanol–water partition coefficient (Wildman–Crippen LogP) is 1.61. The molecule has 146 valence electrons. The molecule has 1 aromatic rings. The first-order valence-electron chi connectivity index (χ1n) is 9.01. The molecule has 0 N–H and O–H groups in total. The Hall–Kier alpha value is -2.48. The number of fused-ring (bicyclic) bond motifs is 1. The van der Waals surface area contributed by atoms with Gasteiger partial charge in [0.2, 0.25) is 5.91 Å². The van der Waals surface area contributed by atoms with E-state index in [1.807, 2.05) is 0 Å². The molecule has 2 fully saturated rings. The zero-order chi connectivity index (χ0) is 19.7. The minimum absolute atomic E-state index is 0.115. The Labute approximate surface area is 157 Å². The summed E-state index contributed by atoms with van der Waals surface area (Å²) < 4.78 is 18.5. The molecule has 0 radical (unpaired) electrons. The van der Waals surface area contributed by atoms with Gasteiger partial charge in [0.25, 0.3) is 5.91 Å². The number of methoxy groups -OCH3 is 1. The van der Waals surface area contributed by atoms with E-state index in [2.05, 4.69) is 0 Å². The monoisotopic (exact) mass is 377 g/mol. The standard InChI is InChI=1S/C19H24FN3O4/c1-12(2)23-18(25)17-15(7-8-21(17)16(24)11-27-3)22(19(23)26)10-13-5-4-6-14(20)9-13/h4-6,9,12,15,17H,7-8,10-11H2,1-3H3/t15-,17+/m1/s1. The van der Waals surface area contributed by atoms with Gasteiger partial charge in [0.1, 0.15) is 18.5 Å². The Kier molecular flexibility index (Phi) is 5.46. The highest BCUT2D eigenvalue weighted by molar-refractivity contribution is 6.02. The van der Waals surface area contributed by atoms with Crippen molar-refractivity contribution in [1.82, 2.24) is 14.7 Å². The molecular weight excluding hydrogens is 353 g/mol. The van der Waals surface area contributed by atoms with Crippen LogP contribution in [0.4, 0.5) is 9.18 Å². The van der Waals surface area contributed by atoms with Crippen LogP contribution in [-0.4, -0.2) is 70.9 Å². The minimum atomic E-state index is -0.735. The number of benzene rings is 1. The lowest BCUT2D eigenvalue weighted by molar-refractivity contribution is -0.149. The summed E-state index contributed by atoms with van der Waals surface area (Å²) in [4.78, 5) is 42.7. The normalized spacial score (nSPS) is 22.6. The average molecular weight is 377 g/mol. The maximum atomic E-state index is 13.6. The van der Waals surface area contributed by atoms with Crippen LogP contribution in [0, 0.1) is 5.82 Å². The van der Waals surface area contributed by atoms with Gasteiger partial charge in [-0.2, -0.15) is 0 Å². The molecule has 27 heavy (non-hydrogen) atoms. The fourth-order valence-electron chi connectivity index (χ4n) is 3.90. The lowest BCUT2D eigenvalue weighted by atomic mass is 10.0. The van der Waals surface area contributed by atoms with Crippen molar-refractivity contribution in [2.24, 2.45) is 0 Å². The van der Waals surface area contributed by atoms with Gasteiger partial charge < -0.3 is 14.5 Å². The number of ether oxygens (including phenoxy) is 1. The molecule has 1 aromatic carbocycles. The van der Waals surface area contributed by atoms with Gasteiger partial charge in [-0.15, -0.1) is 0 Å². The molecule has 0 saturated carbocycles. The van der Waals surface area contributed by atoms with Crippen LogP contribution >= 0.6 is 0 Å². The van der Waals surface area contributed by atoms with Crippen molar-refractivity contribution in [2.45, 2.75) is 44.9 Å². The second-order valence-electron chi connectivity index (χ2n) is 7.16. The van der Waals surface area contributed by atoms with Crippen molar-refractivity contribution in [3.8, 4) is 0 Å². The number of nitrogens with zero attached hydrogens (tertiary/aromatic N) is 3. The minimum Gasteiger partial charge on any atom is -0.375 e. The number of rotatable bonds is 5. The van der Waals surface area contributed by atoms with Crippen LogP contribution in [-0.2, 0) is 20.9 Å². The van der Waals surface area contributed by atoms with Crippen LogP contribution in [0.15, 0.2) is 24.3 Å². The molecule has 2 aliphatic heterocycles. The van der Waals surface area contributed by atoms with E-state index in [0.717, 1.165) is 0 Å². The number of carbonyl (C=O) groups excluding carboxylic acids is 3. The van der Waals surface area contributed by atoms with E-state index in [-0.39, 0.29) is 36.8 Å². The Bertz CT molecular complexity index is 754. The Balaban J connectivity index is 1.94. The number of hydrogen-bond acceptors (Lipinski definition) is 4. The van der Waals surface area contributed by atoms with Crippen molar-refractivity contribution < 1.29 is 23.5 Å². The fourth-order valence-corrected chi connectivity index (χ4v) is 3.90. The van der Waals surface area contributed by atoms with E-state index in [0.29, 0.717) is 18.5 Å². The second kappa shape index (κ2) is 7.64. The van der Waals surface area contributed by atoms with Crippen LogP contribution in [0.2, 0.25) is 0 Å². The fraction of sp³-hybridized carbons (Fsp3) is 0.526. The van der Waals surface area contributed by atoms with Gasteiger partial charge in [-0.3, -0.25) is 14.5 Å². The molecule has 2 saturated heterocycles. The predicted molar refractivity (Wildman–Crippen MR) is 95.1 cm³/mol. The number of imide groups is 1. The lowest BCUT2D eigenvalue weighted by Crippen LogP contribution is -2.67. The van der Waals surface area contributed by atoms with Gasteiger partial charge >= 0.3 is 6.03 Å². The van der Waals surface area contributed by atoms with Crippen molar-refractivity contribution in [1.29, 1.82) is 0 Å². The number of likely N-dealkylation sites (tertiary alicyclic amines) is 1. The number of carbonyl (C=O) groups is 3. The van der Waals surface area contributed by atoms with Crippen molar-refractivity contribution >= 4 is 17.8 Å². The topological polar surface area (TPSA) is 70.2 Å². The summed E-state index contributed by atoms with van der Waals surface area (Å²) >= 11 is 0. The summed E-state index contributed by atoms with van der Waals surface area (Å²) in [7, 11) is 1.42. The zero-order valence-electron chi connectivity index (χ0n) is 15.7. The first kappa shape index (κ1) is 19.3. The van der Waals surface area contributed by atoms with E-state index >= 15 is 0 Å². The summed E-state index contributed by atoms with van der Waals surface area (Å²) in [5.41, 5.74) is 0.641. The van der Waals surface area contributed by atoms with E-state index in [4.69, 9.17) is 4.74 Å². The summed E-state index contributed by atoms with van der Waals surface area (Å²) in [6.45, 7) is 3.96. The van der Waals surface area contributed by atoms with Gasteiger partial charge in [0, 0.05) is 26.2 Å². The molecule has 8 heteroatoms.